The Kier molecular flexibility index (Phi) is 4.36. The number of hydrogen-bond donors (Lipinski definition) is 0. The second-order valence-electron chi connectivity index (χ2n) is 6.42. The van der Waals surface area contributed by atoms with Crippen molar-refractivity contribution in [2.75, 3.05) is 31.6 Å². The van der Waals surface area contributed by atoms with Crippen LogP contribution in [0.25, 0.3) is 0 Å². The van der Waals surface area contributed by atoms with Crippen LogP contribution in [0, 0.1) is 12.8 Å². The highest BCUT2D eigenvalue weighted by molar-refractivity contribution is 7.90. The van der Waals surface area contributed by atoms with Gasteiger partial charge in [-0.3, -0.25) is 0 Å². The SMILES string of the molecule is Cc1nccc(N2CCC(CN(C)S(=O)(=O)C3CC3)CC2)n1. The summed E-state index contributed by atoms with van der Waals surface area (Å²) in [5.74, 6) is 2.21. The molecular formula is C15H24N4O2S. The van der Waals surface area contributed by atoms with Crippen molar-refractivity contribution in [2.45, 2.75) is 37.9 Å². The van der Waals surface area contributed by atoms with Crippen molar-refractivity contribution in [1.82, 2.24) is 14.3 Å². The number of nitrogens with zero attached hydrogens (tertiary/aromatic N) is 4. The van der Waals surface area contributed by atoms with Gasteiger partial charge in [0.25, 0.3) is 0 Å². The molecule has 0 amide bonds. The molecule has 3 rings (SSSR count). The minimum atomic E-state index is -3.04. The van der Waals surface area contributed by atoms with Gasteiger partial charge in [0.2, 0.25) is 10.0 Å². The summed E-state index contributed by atoms with van der Waals surface area (Å²) in [4.78, 5) is 10.9. The molecule has 1 aliphatic heterocycles. The molecule has 22 heavy (non-hydrogen) atoms. The molecule has 1 saturated heterocycles. The van der Waals surface area contributed by atoms with E-state index in [1.165, 1.54) is 0 Å². The van der Waals surface area contributed by atoms with Crippen LogP contribution in [-0.2, 0) is 10.0 Å². The molecule has 1 aliphatic carbocycles. The Labute approximate surface area is 132 Å². The van der Waals surface area contributed by atoms with Crippen molar-refractivity contribution >= 4 is 15.8 Å². The summed E-state index contributed by atoms with van der Waals surface area (Å²) < 4.78 is 26.0. The van der Waals surface area contributed by atoms with E-state index in [-0.39, 0.29) is 5.25 Å². The first kappa shape index (κ1) is 15.7. The van der Waals surface area contributed by atoms with Crippen molar-refractivity contribution in [3.63, 3.8) is 0 Å². The predicted octanol–water partition coefficient (Wildman–Crippen LogP) is 1.43. The first-order valence-electron chi connectivity index (χ1n) is 7.96. The lowest BCUT2D eigenvalue weighted by molar-refractivity contribution is 0.327. The summed E-state index contributed by atoms with van der Waals surface area (Å²) >= 11 is 0. The number of rotatable bonds is 5. The van der Waals surface area contributed by atoms with Gasteiger partial charge in [-0.2, -0.15) is 0 Å². The van der Waals surface area contributed by atoms with Crippen LogP contribution in [0.2, 0.25) is 0 Å². The summed E-state index contributed by atoms with van der Waals surface area (Å²) in [5.41, 5.74) is 0. The highest BCUT2D eigenvalue weighted by Gasteiger charge is 2.39. The molecule has 1 aromatic rings. The van der Waals surface area contributed by atoms with Gasteiger partial charge in [0.1, 0.15) is 11.6 Å². The van der Waals surface area contributed by atoms with E-state index in [9.17, 15) is 8.42 Å². The molecule has 122 valence electrons. The van der Waals surface area contributed by atoms with Gasteiger partial charge in [-0.15, -0.1) is 0 Å². The molecule has 1 aromatic heterocycles. The normalized spacial score (nSPS) is 20.6. The molecule has 2 heterocycles. The summed E-state index contributed by atoms with van der Waals surface area (Å²) in [5, 5.41) is -0.110. The maximum atomic E-state index is 12.2. The minimum Gasteiger partial charge on any atom is -0.356 e. The van der Waals surface area contributed by atoms with Crippen molar-refractivity contribution in [3.05, 3.63) is 18.1 Å². The molecule has 0 unspecified atom stereocenters. The summed E-state index contributed by atoms with van der Waals surface area (Å²) in [6, 6.07) is 1.94. The number of piperidine rings is 1. The molecule has 0 atom stereocenters. The van der Waals surface area contributed by atoms with Crippen molar-refractivity contribution < 1.29 is 8.42 Å². The van der Waals surface area contributed by atoms with Crippen LogP contribution >= 0.6 is 0 Å². The highest BCUT2D eigenvalue weighted by atomic mass is 32.2. The zero-order valence-corrected chi connectivity index (χ0v) is 14.1. The third-order valence-corrected chi connectivity index (χ3v) is 6.93. The molecule has 0 bridgehead atoms. The number of sulfonamides is 1. The third-order valence-electron chi connectivity index (χ3n) is 4.60. The average Bonchev–Trinajstić information content (AvgIpc) is 3.33. The Balaban J connectivity index is 1.53. The van der Waals surface area contributed by atoms with E-state index >= 15 is 0 Å². The molecule has 0 aromatic carbocycles. The van der Waals surface area contributed by atoms with Crippen LogP contribution in [0.5, 0.6) is 0 Å². The van der Waals surface area contributed by atoms with E-state index in [4.69, 9.17) is 0 Å². The molecular weight excluding hydrogens is 300 g/mol. The Bertz CT molecular complexity index is 622. The Hall–Kier alpha value is -1.21. The fourth-order valence-corrected chi connectivity index (χ4v) is 4.71. The quantitative estimate of drug-likeness (QED) is 0.819. The van der Waals surface area contributed by atoms with E-state index in [0.717, 1.165) is 50.4 Å². The largest absolute Gasteiger partial charge is 0.356 e. The topological polar surface area (TPSA) is 66.4 Å². The van der Waals surface area contributed by atoms with Gasteiger partial charge in [-0.25, -0.2) is 22.7 Å². The van der Waals surface area contributed by atoms with Gasteiger partial charge >= 0.3 is 0 Å². The molecule has 2 aliphatic rings. The van der Waals surface area contributed by atoms with Crippen LogP contribution in [0.4, 0.5) is 5.82 Å². The Morgan fingerprint density at radius 2 is 1.95 bits per heavy atom. The zero-order valence-electron chi connectivity index (χ0n) is 13.3. The van der Waals surface area contributed by atoms with Gasteiger partial charge in [0.15, 0.2) is 0 Å². The lowest BCUT2D eigenvalue weighted by Crippen LogP contribution is -2.40. The minimum absolute atomic E-state index is 0.110. The van der Waals surface area contributed by atoms with Crippen LogP contribution in [-0.4, -0.2) is 54.6 Å². The maximum absolute atomic E-state index is 12.2. The number of aryl methyl sites for hydroxylation is 1. The molecule has 0 N–H and O–H groups in total. The van der Waals surface area contributed by atoms with Crippen LogP contribution in [0.3, 0.4) is 0 Å². The smallest absolute Gasteiger partial charge is 0.216 e. The van der Waals surface area contributed by atoms with E-state index in [0.29, 0.717) is 12.5 Å². The molecule has 7 heteroatoms. The molecule has 6 nitrogen and oxygen atoms in total. The highest BCUT2D eigenvalue weighted by Crippen LogP contribution is 2.31. The number of aromatic nitrogens is 2. The number of hydrogen-bond acceptors (Lipinski definition) is 5. The second kappa shape index (κ2) is 6.12. The van der Waals surface area contributed by atoms with Crippen molar-refractivity contribution in [1.29, 1.82) is 0 Å². The molecule has 0 radical (unpaired) electrons. The standard InChI is InChI=1S/C15H24N4O2S/c1-12-16-8-5-15(17-12)19-9-6-13(7-10-19)11-18(2)22(20,21)14-3-4-14/h5,8,13-14H,3-4,6-7,9-11H2,1-2H3. The Morgan fingerprint density at radius 1 is 1.27 bits per heavy atom. The monoisotopic (exact) mass is 324 g/mol. The molecule has 1 saturated carbocycles. The first-order valence-corrected chi connectivity index (χ1v) is 9.47. The number of anilines is 1. The summed E-state index contributed by atoms with van der Waals surface area (Å²) in [6.45, 7) is 4.40. The lowest BCUT2D eigenvalue weighted by atomic mass is 9.97. The van der Waals surface area contributed by atoms with Gasteiger partial charge in [0.05, 0.1) is 5.25 Å². The molecule has 2 fully saturated rings. The maximum Gasteiger partial charge on any atom is 0.216 e. The summed E-state index contributed by atoms with van der Waals surface area (Å²) in [6.07, 6.45) is 5.47. The zero-order chi connectivity index (χ0) is 15.7. The second-order valence-corrected chi connectivity index (χ2v) is 8.74. The van der Waals surface area contributed by atoms with Crippen LogP contribution in [0.1, 0.15) is 31.5 Å². The van der Waals surface area contributed by atoms with E-state index in [1.807, 2.05) is 13.0 Å². The first-order chi connectivity index (χ1) is 10.5. The van der Waals surface area contributed by atoms with Crippen molar-refractivity contribution in [2.24, 2.45) is 5.92 Å². The van der Waals surface area contributed by atoms with Gasteiger partial charge in [0, 0.05) is 32.9 Å². The predicted molar refractivity (Wildman–Crippen MR) is 86.3 cm³/mol. The molecule has 0 spiro atoms. The fourth-order valence-electron chi connectivity index (χ4n) is 3.05. The third kappa shape index (κ3) is 3.41. The fraction of sp³-hybridized carbons (Fsp3) is 0.733. The van der Waals surface area contributed by atoms with Gasteiger partial charge < -0.3 is 4.90 Å². The van der Waals surface area contributed by atoms with Crippen LogP contribution in [0.15, 0.2) is 12.3 Å². The van der Waals surface area contributed by atoms with Gasteiger partial charge in [-0.1, -0.05) is 0 Å². The van der Waals surface area contributed by atoms with Crippen LogP contribution < -0.4 is 4.90 Å². The van der Waals surface area contributed by atoms with E-state index in [1.54, 1.807) is 17.5 Å². The summed E-state index contributed by atoms with van der Waals surface area (Å²) in [7, 11) is -1.31. The average molecular weight is 324 g/mol. The van der Waals surface area contributed by atoms with E-state index < -0.39 is 10.0 Å². The Morgan fingerprint density at radius 3 is 2.55 bits per heavy atom. The van der Waals surface area contributed by atoms with E-state index in [2.05, 4.69) is 14.9 Å². The van der Waals surface area contributed by atoms with Crippen molar-refractivity contribution in [3.8, 4) is 0 Å². The lowest BCUT2D eigenvalue weighted by Gasteiger charge is -2.34. The van der Waals surface area contributed by atoms with Gasteiger partial charge in [-0.05, 0) is 44.6 Å².